The lowest BCUT2D eigenvalue weighted by Crippen LogP contribution is -2.44. The average molecular weight is 235 g/mol. The first-order valence-corrected chi connectivity index (χ1v) is 6.09. The van der Waals surface area contributed by atoms with Gasteiger partial charge >= 0.3 is 0 Å². The van der Waals surface area contributed by atoms with Gasteiger partial charge in [-0.25, -0.2) is 0 Å². The minimum absolute atomic E-state index is 0.0389. The second kappa shape index (κ2) is 4.22. The molecule has 1 aromatic rings. The van der Waals surface area contributed by atoms with Crippen LogP contribution in [0, 0.1) is 5.92 Å². The zero-order valence-corrected chi connectivity index (χ0v) is 11.0. The summed E-state index contributed by atoms with van der Waals surface area (Å²) >= 11 is 0. The van der Waals surface area contributed by atoms with Gasteiger partial charge in [-0.15, -0.1) is 0 Å². The first kappa shape index (κ1) is 12.2. The monoisotopic (exact) mass is 235 g/mol. The Hall–Kier alpha value is -1.22. The third kappa shape index (κ3) is 2.12. The fraction of sp³-hybridized carbons (Fsp3) is 0.571. The molecular weight excluding hydrogens is 214 g/mol. The van der Waals surface area contributed by atoms with Crippen LogP contribution < -0.4 is 15.2 Å². The number of fused-ring (bicyclic) bond motifs is 1. The number of methoxy groups -OCH3 is 1. The molecule has 0 saturated heterocycles. The van der Waals surface area contributed by atoms with Gasteiger partial charge < -0.3 is 15.2 Å². The predicted molar refractivity (Wildman–Crippen MR) is 68.4 cm³/mol. The van der Waals surface area contributed by atoms with E-state index in [0.717, 1.165) is 23.5 Å². The second-order valence-electron chi connectivity index (χ2n) is 5.28. The first-order chi connectivity index (χ1) is 7.96. The smallest absolute Gasteiger partial charge is 0.128 e. The molecule has 1 heterocycles. The normalized spacial score (nSPS) is 27.5. The molecule has 94 valence electrons. The zero-order valence-electron chi connectivity index (χ0n) is 11.0. The summed E-state index contributed by atoms with van der Waals surface area (Å²) in [6.45, 7) is 6.45. The van der Waals surface area contributed by atoms with Crippen molar-refractivity contribution >= 4 is 0 Å². The maximum absolute atomic E-state index is 6.23. The van der Waals surface area contributed by atoms with Crippen LogP contribution in [0.25, 0.3) is 0 Å². The maximum Gasteiger partial charge on any atom is 0.128 e. The van der Waals surface area contributed by atoms with Gasteiger partial charge in [0.05, 0.1) is 7.11 Å². The van der Waals surface area contributed by atoms with Crippen LogP contribution in [-0.4, -0.2) is 12.7 Å². The first-order valence-electron chi connectivity index (χ1n) is 6.09. The van der Waals surface area contributed by atoms with Crippen LogP contribution in [0.2, 0.25) is 0 Å². The fourth-order valence-corrected chi connectivity index (χ4v) is 2.23. The summed E-state index contributed by atoms with van der Waals surface area (Å²) in [5.41, 5.74) is 7.11. The molecule has 0 amide bonds. The third-order valence-corrected chi connectivity index (χ3v) is 3.81. The minimum atomic E-state index is -0.196. The number of hydrogen-bond acceptors (Lipinski definition) is 3. The minimum Gasteiger partial charge on any atom is -0.497 e. The highest BCUT2D eigenvalue weighted by Crippen LogP contribution is 2.42. The molecule has 0 bridgehead atoms. The van der Waals surface area contributed by atoms with Gasteiger partial charge in [-0.3, -0.25) is 0 Å². The highest BCUT2D eigenvalue weighted by Gasteiger charge is 2.38. The summed E-state index contributed by atoms with van der Waals surface area (Å²) in [6.07, 6.45) is 0.851. The number of ether oxygens (including phenoxy) is 2. The van der Waals surface area contributed by atoms with E-state index in [1.165, 1.54) is 0 Å². The van der Waals surface area contributed by atoms with Crippen LogP contribution in [0.15, 0.2) is 18.2 Å². The summed E-state index contributed by atoms with van der Waals surface area (Å²) in [4.78, 5) is 0. The van der Waals surface area contributed by atoms with Crippen LogP contribution in [-0.2, 0) is 0 Å². The molecule has 1 aliphatic rings. The molecule has 17 heavy (non-hydrogen) atoms. The molecule has 0 saturated carbocycles. The van der Waals surface area contributed by atoms with Crippen molar-refractivity contribution < 1.29 is 9.47 Å². The molecule has 1 aliphatic heterocycles. The molecule has 2 atom stereocenters. The molecule has 0 fully saturated rings. The molecule has 0 aromatic heterocycles. The van der Waals surface area contributed by atoms with Crippen molar-refractivity contribution in [3.63, 3.8) is 0 Å². The number of hydrogen-bond donors (Lipinski definition) is 1. The molecule has 3 heteroatoms. The topological polar surface area (TPSA) is 44.5 Å². The van der Waals surface area contributed by atoms with Gasteiger partial charge in [0.15, 0.2) is 0 Å². The van der Waals surface area contributed by atoms with Crippen molar-refractivity contribution in [2.75, 3.05) is 7.11 Å². The fourth-order valence-electron chi connectivity index (χ4n) is 2.23. The molecular formula is C14H21NO2. The quantitative estimate of drug-likeness (QED) is 0.857. The van der Waals surface area contributed by atoms with E-state index in [1.54, 1.807) is 7.11 Å². The molecule has 0 radical (unpaired) electrons. The van der Waals surface area contributed by atoms with Crippen molar-refractivity contribution in [2.45, 2.75) is 38.8 Å². The molecule has 0 spiro atoms. The molecule has 2 N–H and O–H groups in total. The van der Waals surface area contributed by atoms with Gasteiger partial charge in [-0.2, -0.15) is 0 Å². The van der Waals surface area contributed by atoms with Gasteiger partial charge in [0.1, 0.15) is 17.1 Å². The van der Waals surface area contributed by atoms with E-state index in [-0.39, 0.29) is 11.6 Å². The Morgan fingerprint density at radius 3 is 2.76 bits per heavy atom. The highest BCUT2D eigenvalue weighted by atomic mass is 16.5. The Morgan fingerprint density at radius 1 is 1.47 bits per heavy atom. The van der Waals surface area contributed by atoms with Crippen molar-refractivity contribution in [2.24, 2.45) is 11.7 Å². The Labute approximate surface area is 103 Å². The van der Waals surface area contributed by atoms with E-state index in [2.05, 4.69) is 20.8 Å². The Kier molecular flexibility index (Phi) is 3.04. The summed E-state index contributed by atoms with van der Waals surface area (Å²) in [6, 6.07) is 5.89. The van der Waals surface area contributed by atoms with Crippen molar-refractivity contribution in [3.05, 3.63) is 23.8 Å². The molecule has 0 aliphatic carbocycles. The largest absolute Gasteiger partial charge is 0.497 e. The Balaban J connectivity index is 2.40. The highest BCUT2D eigenvalue weighted by molar-refractivity contribution is 5.44. The van der Waals surface area contributed by atoms with Crippen LogP contribution in [0.4, 0.5) is 0 Å². The lowest BCUT2D eigenvalue weighted by atomic mass is 9.81. The summed E-state index contributed by atoms with van der Waals surface area (Å²) in [5.74, 6) is 2.09. The van der Waals surface area contributed by atoms with Crippen molar-refractivity contribution in [3.8, 4) is 11.5 Å². The van der Waals surface area contributed by atoms with E-state index in [0.29, 0.717) is 5.92 Å². The molecule has 3 nitrogen and oxygen atoms in total. The lowest BCUT2D eigenvalue weighted by Gasteiger charge is -2.41. The van der Waals surface area contributed by atoms with E-state index in [4.69, 9.17) is 15.2 Å². The van der Waals surface area contributed by atoms with E-state index >= 15 is 0 Å². The van der Waals surface area contributed by atoms with Crippen LogP contribution in [0.5, 0.6) is 11.5 Å². The third-order valence-electron chi connectivity index (χ3n) is 3.81. The number of rotatable bonds is 2. The van der Waals surface area contributed by atoms with E-state index < -0.39 is 0 Å². The second-order valence-corrected chi connectivity index (χ2v) is 5.28. The van der Waals surface area contributed by atoms with Gasteiger partial charge in [0, 0.05) is 24.1 Å². The van der Waals surface area contributed by atoms with Crippen molar-refractivity contribution in [1.82, 2.24) is 0 Å². The number of benzene rings is 1. The van der Waals surface area contributed by atoms with Gasteiger partial charge in [-0.1, -0.05) is 19.9 Å². The number of nitrogens with two attached hydrogens (primary N) is 1. The predicted octanol–water partition coefficient (Wildman–Crippen LogP) is 2.89. The summed E-state index contributed by atoms with van der Waals surface area (Å²) in [5, 5.41) is 0. The maximum atomic E-state index is 6.23. The lowest BCUT2D eigenvalue weighted by molar-refractivity contribution is 0.0106. The Morgan fingerprint density at radius 2 is 2.18 bits per heavy atom. The van der Waals surface area contributed by atoms with Crippen LogP contribution in [0.1, 0.15) is 38.8 Å². The van der Waals surface area contributed by atoms with Crippen LogP contribution >= 0.6 is 0 Å². The standard InChI is InChI=1S/C14H21NO2/c1-9(2)14(3)8-12(15)11-6-5-10(16-4)7-13(11)17-14/h5-7,9,12H,8,15H2,1-4H3/t12-,14?/m0/s1. The summed E-state index contributed by atoms with van der Waals surface area (Å²) in [7, 11) is 1.66. The van der Waals surface area contributed by atoms with Gasteiger partial charge in [-0.05, 0) is 18.9 Å². The average Bonchev–Trinajstić information content (AvgIpc) is 2.27. The molecule has 1 unspecified atom stereocenters. The molecule has 1 aromatic carbocycles. The Bertz CT molecular complexity index is 417. The van der Waals surface area contributed by atoms with Crippen LogP contribution in [0.3, 0.4) is 0 Å². The van der Waals surface area contributed by atoms with E-state index in [9.17, 15) is 0 Å². The molecule has 2 rings (SSSR count). The van der Waals surface area contributed by atoms with Gasteiger partial charge in [0.25, 0.3) is 0 Å². The van der Waals surface area contributed by atoms with Gasteiger partial charge in [0.2, 0.25) is 0 Å². The zero-order chi connectivity index (χ0) is 12.6. The summed E-state index contributed by atoms with van der Waals surface area (Å²) < 4.78 is 11.4. The van der Waals surface area contributed by atoms with Crippen molar-refractivity contribution in [1.29, 1.82) is 0 Å². The SMILES string of the molecule is COc1ccc2c(c1)OC(C)(C(C)C)C[C@@H]2N. The van der Waals surface area contributed by atoms with E-state index in [1.807, 2.05) is 18.2 Å².